The van der Waals surface area contributed by atoms with E-state index in [1.54, 1.807) is 19.2 Å². The second-order valence-corrected chi connectivity index (χ2v) is 5.24. The topological polar surface area (TPSA) is 93.5 Å². The number of carbonyl (C=O) groups excluding carboxylic acids is 1. The first-order valence-corrected chi connectivity index (χ1v) is 6.63. The fourth-order valence-electron chi connectivity index (χ4n) is 1.86. The first kappa shape index (κ1) is 12.9. The molecule has 1 aromatic carbocycles. The molecule has 0 fully saturated rings. The van der Waals surface area contributed by atoms with E-state index in [0.29, 0.717) is 10.7 Å². The summed E-state index contributed by atoms with van der Waals surface area (Å²) in [5.41, 5.74) is 12.7. The number of carbonyl (C=O) groups is 1. The third-order valence-electron chi connectivity index (χ3n) is 2.92. The third kappa shape index (κ3) is 2.49. The zero-order valence-corrected chi connectivity index (χ0v) is 11.0. The molecule has 96 valence electrons. The number of aliphatic imine (C=N–C) groups is 1. The highest BCUT2D eigenvalue weighted by Gasteiger charge is 2.29. The van der Waals surface area contributed by atoms with E-state index in [4.69, 9.17) is 11.5 Å². The van der Waals surface area contributed by atoms with E-state index >= 15 is 0 Å². The van der Waals surface area contributed by atoms with Crippen LogP contribution >= 0.6 is 11.8 Å². The summed E-state index contributed by atoms with van der Waals surface area (Å²) >= 11 is 1.51. The molecule has 1 amide bonds. The van der Waals surface area contributed by atoms with Gasteiger partial charge in [-0.15, -0.1) is 0 Å². The van der Waals surface area contributed by atoms with E-state index in [0.717, 1.165) is 17.7 Å². The molecule has 0 saturated carbocycles. The van der Waals surface area contributed by atoms with Crippen molar-refractivity contribution in [3.05, 3.63) is 35.4 Å². The Kier molecular flexibility index (Phi) is 3.58. The van der Waals surface area contributed by atoms with Crippen LogP contribution in [0, 0.1) is 0 Å². The Hall–Kier alpha value is -1.53. The molecule has 2 rings (SSSR count). The molecular weight excluding hydrogens is 248 g/mol. The smallest absolute Gasteiger partial charge is 0.251 e. The van der Waals surface area contributed by atoms with Gasteiger partial charge in [0, 0.05) is 18.4 Å². The molecule has 5 nitrogen and oxygen atoms in total. The zero-order chi connectivity index (χ0) is 13.2. The van der Waals surface area contributed by atoms with Crippen molar-refractivity contribution >= 4 is 22.8 Å². The second kappa shape index (κ2) is 4.99. The van der Waals surface area contributed by atoms with Crippen molar-refractivity contribution < 1.29 is 4.79 Å². The second-order valence-electron chi connectivity index (χ2n) is 4.13. The van der Waals surface area contributed by atoms with E-state index < -0.39 is 5.66 Å². The van der Waals surface area contributed by atoms with Crippen molar-refractivity contribution in [3.8, 4) is 0 Å². The van der Waals surface area contributed by atoms with Crippen molar-refractivity contribution in [3.63, 3.8) is 0 Å². The first-order chi connectivity index (χ1) is 8.55. The molecular formula is C12H16N4OS. The maximum absolute atomic E-state index is 11.4. The van der Waals surface area contributed by atoms with Crippen LogP contribution < -0.4 is 16.8 Å². The highest BCUT2D eigenvalue weighted by Crippen LogP contribution is 2.30. The van der Waals surface area contributed by atoms with Crippen LogP contribution in [0.1, 0.15) is 22.3 Å². The van der Waals surface area contributed by atoms with Gasteiger partial charge in [0.25, 0.3) is 5.91 Å². The molecule has 0 aliphatic carbocycles. The lowest BCUT2D eigenvalue weighted by Crippen LogP contribution is -2.39. The quantitative estimate of drug-likeness (QED) is 0.729. The van der Waals surface area contributed by atoms with Gasteiger partial charge in [0.15, 0.2) is 5.17 Å². The molecule has 1 heterocycles. The van der Waals surface area contributed by atoms with Gasteiger partial charge in [-0.25, -0.2) is 4.99 Å². The van der Waals surface area contributed by atoms with Gasteiger partial charge in [-0.3, -0.25) is 4.79 Å². The molecule has 1 unspecified atom stereocenters. The van der Waals surface area contributed by atoms with Crippen LogP contribution in [0.5, 0.6) is 0 Å². The number of hydrogen-bond acceptors (Lipinski definition) is 5. The SMILES string of the molecule is CNC(=O)c1ccc(C2(N)CCSC(N)=N2)cc1. The summed E-state index contributed by atoms with van der Waals surface area (Å²) in [7, 11) is 1.60. The van der Waals surface area contributed by atoms with Gasteiger partial charge in [0.05, 0.1) is 0 Å². The minimum atomic E-state index is -0.767. The Balaban J connectivity index is 2.29. The Morgan fingerprint density at radius 2 is 2.11 bits per heavy atom. The summed E-state index contributed by atoms with van der Waals surface area (Å²) in [6.45, 7) is 0. The average Bonchev–Trinajstić information content (AvgIpc) is 2.38. The van der Waals surface area contributed by atoms with E-state index in [-0.39, 0.29) is 5.91 Å². The standard InChI is InChI=1S/C12H16N4OS/c1-15-10(17)8-2-4-9(5-3-8)12(14)6-7-18-11(13)16-12/h2-5H,6-7,14H2,1H3,(H2,13,16)(H,15,17). The molecule has 0 aromatic heterocycles. The number of rotatable bonds is 2. The fraction of sp³-hybridized carbons (Fsp3) is 0.333. The van der Waals surface area contributed by atoms with Gasteiger partial charge < -0.3 is 16.8 Å². The summed E-state index contributed by atoms with van der Waals surface area (Å²) < 4.78 is 0. The average molecular weight is 264 g/mol. The lowest BCUT2D eigenvalue weighted by Gasteiger charge is -2.29. The molecule has 0 saturated heterocycles. The maximum Gasteiger partial charge on any atom is 0.251 e. The molecule has 18 heavy (non-hydrogen) atoms. The summed E-state index contributed by atoms with van der Waals surface area (Å²) in [5, 5.41) is 3.09. The van der Waals surface area contributed by atoms with Gasteiger partial charge in [-0.05, 0) is 24.1 Å². The molecule has 1 atom stereocenters. The molecule has 0 bridgehead atoms. The van der Waals surface area contributed by atoms with Gasteiger partial charge in [0.1, 0.15) is 5.66 Å². The normalized spacial score (nSPS) is 23.3. The molecule has 1 aromatic rings. The highest BCUT2D eigenvalue weighted by molar-refractivity contribution is 8.13. The van der Waals surface area contributed by atoms with Crippen LogP contribution in [0.25, 0.3) is 0 Å². The minimum Gasteiger partial charge on any atom is -0.378 e. The van der Waals surface area contributed by atoms with Crippen LogP contribution in [-0.4, -0.2) is 23.9 Å². The van der Waals surface area contributed by atoms with Crippen LogP contribution in [-0.2, 0) is 5.66 Å². The first-order valence-electron chi connectivity index (χ1n) is 5.65. The largest absolute Gasteiger partial charge is 0.378 e. The highest BCUT2D eigenvalue weighted by atomic mass is 32.2. The van der Waals surface area contributed by atoms with Crippen LogP contribution in [0.3, 0.4) is 0 Å². The Morgan fingerprint density at radius 1 is 1.44 bits per heavy atom. The van der Waals surface area contributed by atoms with E-state index in [2.05, 4.69) is 10.3 Å². The van der Waals surface area contributed by atoms with Crippen molar-refractivity contribution in [1.29, 1.82) is 0 Å². The number of nitrogens with zero attached hydrogens (tertiary/aromatic N) is 1. The number of nitrogens with two attached hydrogens (primary N) is 2. The third-order valence-corrected chi connectivity index (χ3v) is 3.71. The zero-order valence-electron chi connectivity index (χ0n) is 10.1. The number of hydrogen-bond donors (Lipinski definition) is 3. The van der Waals surface area contributed by atoms with E-state index in [1.807, 2.05) is 12.1 Å². The molecule has 0 spiro atoms. The van der Waals surface area contributed by atoms with Crippen molar-refractivity contribution in [2.45, 2.75) is 12.1 Å². The molecule has 1 aliphatic rings. The predicted octanol–water partition coefficient (Wildman–Crippen LogP) is 0.609. The van der Waals surface area contributed by atoms with Gasteiger partial charge >= 0.3 is 0 Å². The number of thioether (sulfide) groups is 1. The monoisotopic (exact) mass is 264 g/mol. The number of nitrogens with one attached hydrogen (secondary N) is 1. The molecule has 1 aliphatic heterocycles. The molecule has 6 heteroatoms. The summed E-state index contributed by atoms with van der Waals surface area (Å²) in [5.74, 6) is 0.734. The number of amides is 1. The fourth-order valence-corrected chi connectivity index (χ4v) is 2.71. The Morgan fingerprint density at radius 3 is 2.67 bits per heavy atom. The van der Waals surface area contributed by atoms with Crippen molar-refractivity contribution in [1.82, 2.24) is 5.32 Å². The lowest BCUT2D eigenvalue weighted by molar-refractivity contribution is 0.0963. The molecule has 5 N–H and O–H groups in total. The van der Waals surface area contributed by atoms with Gasteiger partial charge in [-0.2, -0.15) is 0 Å². The maximum atomic E-state index is 11.4. The lowest BCUT2D eigenvalue weighted by atomic mass is 9.97. The van der Waals surface area contributed by atoms with Gasteiger partial charge in [-0.1, -0.05) is 23.9 Å². The molecule has 0 radical (unpaired) electrons. The summed E-state index contributed by atoms with van der Waals surface area (Å²) in [4.78, 5) is 15.8. The van der Waals surface area contributed by atoms with Gasteiger partial charge in [0.2, 0.25) is 0 Å². The Bertz CT molecular complexity index is 485. The van der Waals surface area contributed by atoms with Crippen LogP contribution in [0.2, 0.25) is 0 Å². The van der Waals surface area contributed by atoms with E-state index in [1.165, 1.54) is 11.8 Å². The number of benzene rings is 1. The van der Waals surface area contributed by atoms with Crippen LogP contribution in [0.4, 0.5) is 0 Å². The predicted molar refractivity (Wildman–Crippen MR) is 74.4 cm³/mol. The minimum absolute atomic E-state index is 0.116. The summed E-state index contributed by atoms with van der Waals surface area (Å²) in [6.07, 6.45) is 0.734. The van der Waals surface area contributed by atoms with Crippen LogP contribution in [0.15, 0.2) is 29.3 Å². The van der Waals surface area contributed by atoms with Crippen molar-refractivity contribution in [2.75, 3.05) is 12.8 Å². The summed E-state index contributed by atoms with van der Waals surface area (Å²) in [6, 6.07) is 7.15. The Labute approximate surface area is 110 Å². The number of amidine groups is 1. The van der Waals surface area contributed by atoms with Crippen molar-refractivity contribution in [2.24, 2.45) is 16.5 Å². The van der Waals surface area contributed by atoms with E-state index in [9.17, 15) is 4.79 Å².